The van der Waals surface area contributed by atoms with Crippen LogP contribution in [-0.2, 0) is 4.18 Å². The van der Waals surface area contributed by atoms with Gasteiger partial charge in [0.15, 0.2) is 0 Å². The molecule has 0 aliphatic carbocycles. The number of rotatable bonds is 2. The van der Waals surface area contributed by atoms with E-state index in [1.165, 1.54) is 9.74 Å². The maximum atomic E-state index is 3.58. The molecule has 0 saturated carbocycles. The quantitative estimate of drug-likeness (QED) is 0.782. The second kappa shape index (κ2) is 4.40. The molecule has 0 amide bonds. The van der Waals surface area contributed by atoms with Crippen LogP contribution in [0.1, 0.15) is 5.56 Å². The molecule has 0 saturated heterocycles. The summed E-state index contributed by atoms with van der Waals surface area (Å²) in [6, 6.07) is 10.6. The van der Waals surface area contributed by atoms with E-state index in [4.69, 9.17) is 0 Å². The van der Waals surface area contributed by atoms with E-state index >= 15 is 0 Å². The number of hydrogen-bond acceptors (Lipinski definition) is 0. The molecule has 1 rings (SSSR count). The fourth-order valence-electron chi connectivity index (χ4n) is 0.703. The van der Waals surface area contributed by atoms with E-state index in [0.717, 1.165) is 0 Å². The van der Waals surface area contributed by atoms with Gasteiger partial charge in [-0.25, -0.2) is 0 Å². The summed E-state index contributed by atoms with van der Waals surface area (Å²) in [6.07, 6.45) is 0. The van der Waals surface area contributed by atoms with Crippen LogP contribution in [0.15, 0.2) is 30.3 Å². The van der Waals surface area contributed by atoms with Gasteiger partial charge in [-0.2, -0.15) is 0 Å². The second-order valence-electron chi connectivity index (χ2n) is 1.84. The van der Waals surface area contributed by atoms with Crippen molar-refractivity contribution in [2.24, 2.45) is 0 Å². The molecule has 45 valence electrons. The predicted octanol–water partition coefficient (Wildman–Crippen LogP) is 2.20. The first-order valence-corrected chi connectivity index (χ1v) is 12.6. The monoisotopic (exact) mass is 285 g/mol. The molecule has 0 fully saturated rings. The van der Waals surface area contributed by atoms with Crippen molar-refractivity contribution >= 4 is 32.9 Å². The zero-order valence-corrected chi connectivity index (χ0v) is 9.93. The van der Waals surface area contributed by atoms with Gasteiger partial charge in [-0.15, -0.1) is 0 Å². The van der Waals surface area contributed by atoms with Crippen LogP contribution >= 0.6 is 12.3 Å². The van der Waals surface area contributed by atoms with Crippen LogP contribution in [0.3, 0.4) is 0 Å². The first-order chi connectivity index (χ1) is 4.43. The molecule has 0 aliphatic heterocycles. The molecule has 1 radical (unpaired) electrons. The number of hydrogen-bond donors (Lipinski definition) is 0. The standard InChI is InChI=1S/C7H7.BrH.In/c1-7-5-3-2-4-6-7;;/h2-6H,1H2;1H;/q;;+1/p-1. The van der Waals surface area contributed by atoms with Crippen molar-refractivity contribution in [3.8, 4) is 0 Å². The van der Waals surface area contributed by atoms with E-state index in [2.05, 4.69) is 42.6 Å². The van der Waals surface area contributed by atoms with Gasteiger partial charge in [0.2, 0.25) is 0 Å². The fourth-order valence-corrected chi connectivity index (χ4v) is 4.50. The summed E-state index contributed by atoms with van der Waals surface area (Å²) >= 11 is 3.23. The fraction of sp³-hybridized carbons (Fsp3) is 0.143. The average molecular weight is 286 g/mol. The molecule has 0 aliphatic rings. The molecule has 0 N–H and O–H groups in total. The van der Waals surface area contributed by atoms with Gasteiger partial charge in [0.1, 0.15) is 0 Å². The Labute approximate surface area is 72.5 Å². The van der Waals surface area contributed by atoms with E-state index in [9.17, 15) is 0 Å². The van der Waals surface area contributed by atoms with Crippen LogP contribution in [0.2, 0.25) is 0 Å². The molecule has 0 nitrogen and oxygen atoms in total. The Hall–Kier alpha value is 0.570. The number of benzene rings is 1. The summed E-state index contributed by atoms with van der Waals surface area (Å²) in [7, 11) is 0. The van der Waals surface area contributed by atoms with E-state index in [1.807, 2.05) is 0 Å². The van der Waals surface area contributed by atoms with Crippen molar-refractivity contribution in [1.82, 2.24) is 0 Å². The van der Waals surface area contributed by atoms with E-state index in [0.29, 0.717) is 0 Å². The van der Waals surface area contributed by atoms with Crippen LogP contribution in [0, 0.1) is 0 Å². The molecular formula is C7H7BrIn. The minimum absolute atomic E-state index is 0.349. The normalized spacial score (nSPS) is 9.00. The maximum absolute atomic E-state index is 3.58. The molecule has 1 aromatic carbocycles. The Morgan fingerprint density at radius 2 is 1.89 bits per heavy atom. The van der Waals surface area contributed by atoms with Crippen molar-refractivity contribution in [2.45, 2.75) is 4.18 Å². The Bertz CT molecular complexity index is 162. The third kappa shape index (κ3) is 2.76. The summed E-state index contributed by atoms with van der Waals surface area (Å²) in [5, 5.41) is 0. The Morgan fingerprint density at radius 1 is 1.22 bits per heavy atom. The van der Waals surface area contributed by atoms with Gasteiger partial charge in [-0.05, 0) is 0 Å². The molecule has 0 atom stereocenters. The molecule has 0 bridgehead atoms. The van der Waals surface area contributed by atoms with Crippen molar-refractivity contribution < 1.29 is 0 Å². The van der Waals surface area contributed by atoms with Gasteiger partial charge in [0, 0.05) is 0 Å². The van der Waals surface area contributed by atoms with Crippen LogP contribution in [0.4, 0.5) is 0 Å². The molecule has 2 heteroatoms. The summed E-state index contributed by atoms with van der Waals surface area (Å²) < 4.78 is 1.32. The predicted molar refractivity (Wildman–Crippen MR) is 44.8 cm³/mol. The zero-order valence-electron chi connectivity index (χ0n) is 5.05. The first kappa shape index (κ1) is 7.67. The van der Waals surface area contributed by atoms with Crippen molar-refractivity contribution in [3.63, 3.8) is 0 Å². The zero-order chi connectivity index (χ0) is 6.53. The van der Waals surface area contributed by atoms with Crippen molar-refractivity contribution in [1.29, 1.82) is 0 Å². The first-order valence-electron chi connectivity index (χ1n) is 2.89. The van der Waals surface area contributed by atoms with Gasteiger partial charge in [0.25, 0.3) is 0 Å². The van der Waals surface area contributed by atoms with Crippen LogP contribution in [0.5, 0.6) is 0 Å². The van der Waals surface area contributed by atoms with Gasteiger partial charge in [-0.1, -0.05) is 0 Å². The Balaban J connectivity index is 2.61. The van der Waals surface area contributed by atoms with Gasteiger partial charge in [0.05, 0.1) is 0 Å². The second-order valence-corrected chi connectivity index (χ2v) is 8.23. The van der Waals surface area contributed by atoms with Gasteiger partial charge >= 0.3 is 72.9 Å². The summed E-state index contributed by atoms with van der Waals surface area (Å²) in [4.78, 5) is 0. The average Bonchev–Trinajstić information content (AvgIpc) is 1.91. The van der Waals surface area contributed by atoms with Crippen LogP contribution in [-0.4, -0.2) is 20.6 Å². The molecule has 0 heterocycles. The molecular weight excluding hydrogens is 279 g/mol. The molecule has 0 aromatic heterocycles. The minimum atomic E-state index is -0.349. The molecule has 9 heavy (non-hydrogen) atoms. The van der Waals surface area contributed by atoms with E-state index in [1.54, 1.807) is 0 Å². The van der Waals surface area contributed by atoms with Crippen molar-refractivity contribution in [3.05, 3.63) is 35.9 Å². The van der Waals surface area contributed by atoms with Crippen molar-refractivity contribution in [2.75, 3.05) is 0 Å². The Kier molecular flexibility index (Phi) is 3.75. The van der Waals surface area contributed by atoms with Crippen LogP contribution in [0.25, 0.3) is 0 Å². The summed E-state index contributed by atoms with van der Waals surface area (Å²) in [5.74, 6) is 0. The van der Waals surface area contributed by atoms with Gasteiger partial charge in [-0.3, -0.25) is 0 Å². The van der Waals surface area contributed by atoms with E-state index in [-0.39, 0.29) is 20.6 Å². The third-order valence-corrected chi connectivity index (χ3v) is 5.11. The molecule has 1 aromatic rings. The topological polar surface area (TPSA) is 0 Å². The van der Waals surface area contributed by atoms with Gasteiger partial charge < -0.3 is 0 Å². The third-order valence-electron chi connectivity index (χ3n) is 1.16. The molecule has 0 spiro atoms. The van der Waals surface area contributed by atoms with Crippen LogP contribution < -0.4 is 0 Å². The number of halogens is 1. The summed E-state index contributed by atoms with van der Waals surface area (Å²) in [6.45, 7) is 0. The summed E-state index contributed by atoms with van der Waals surface area (Å²) in [5.41, 5.74) is 1.48. The molecule has 0 unspecified atom stereocenters. The Morgan fingerprint density at radius 3 is 2.44 bits per heavy atom. The van der Waals surface area contributed by atoms with E-state index < -0.39 is 0 Å². The SMILES string of the molecule is [Br][In][CH2]c1ccccc1.